The molecule has 0 aromatic rings. The van der Waals surface area contributed by atoms with Crippen molar-refractivity contribution in [1.29, 1.82) is 0 Å². The third kappa shape index (κ3) is 17.2. The first kappa shape index (κ1) is 41.3. The molecule has 0 radical (unpaired) electrons. The number of rotatable bonds is 29. The maximum atomic E-state index is 12.4. The fraction of sp³-hybridized carbons (Fsp3) is 0.649. The van der Waals surface area contributed by atoms with Gasteiger partial charge in [-0.15, -0.1) is 0 Å². The highest BCUT2D eigenvalue weighted by atomic mass is 16.2. The number of ketones is 1. The fourth-order valence-corrected chi connectivity index (χ4v) is 5.12. The van der Waals surface area contributed by atoms with E-state index in [1.807, 2.05) is 6.92 Å². The second-order valence-corrected chi connectivity index (χ2v) is 12.8. The third-order valence-corrected chi connectivity index (χ3v) is 8.71. The van der Waals surface area contributed by atoms with Crippen molar-refractivity contribution in [3.05, 3.63) is 60.4 Å². The summed E-state index contributed by atoms with van der Waals surface area (Å²) in [6.45, 7) is 23.1. The molecule has 10 heteroatoms. The van der Waals surface area contributed by atoms with Gasteiger partial charge in [-0.1, -0.05) is 26.3 Å². The Labute approximate surface area is 285 Å². The van der Waals surface area contributed by atoms with Crippen LogP contribution < -0.4 is 21.3 Å². The highest BCUT2D eigenvalue weighted by molar-refractivity contribution is 6.18. The quantitative estimate of drug-likeness (QED) is 0.0672. The number of carbonyl (C=O) groups excluding carboxylic acids is 3. The Kier molecular flexibility index (Phi) is 20.8. The van der Waals surface area contributed by atoms with Crippen LogP contribution in [0.5, 0.6) is 0 Å². The zero-order chi connectivity index (χ0) is 35.2. The third-order valence-electron chi connectivity index (χ3n) is 8.71. The van der Waals surface area contributed by atoms with E-state index in [9.17, 15) is 14.4 Å². The van der Waals surface area contributed by atoms with Gasteiger partial charge in [0.1, 0.15) is 5.70 Å². The number of carbonyl (C=O) groups is 3. The van der Waals surface area contributed by atoms with Crippen LogP contribution in [0.2, 0.25) is 0 Å². The number of Topliss-reactive ketones (excluding diaryl/α,β-unsaturated/α-hetero) is 1. The number of nitrogens with one attached hydrogen (secondary N) is 4. The van der Waals surface area contributed by atoms with Crippen LogP contribution in [-0.2, 0) is 14.4 Å². The summed E-state index contributed by atoms with van der Waals surface area (Å²) in [6.07, 6.45) is 11.4. The molecule has 0 atom stereocenters. The second-order valence-electron chi connectivity index (χ2n) is 12.8. The van der Waals surface area contributed by atoms with Crippen LogP contribution in [0, 0.1) is 0 Å². The summed E-state index contributed by atoms with van der Waals surface area (Å²) in [7, 11) is 7.74. The van der Waals surface area contributed by atoms with Gasteiger partial charge >= 0.3 is 0 Å². The summed E-state index contributed by atoms with van der Waals surface area (Å²) in [5, 5.41) is 12.6. The van der Waals surface area contributed by atoms with Gasteiger partial charge in [0, 0.05) is 103 Å². The number of likely N-dealkylation sites (N-methyl/N-ethyl adjacent to an activating group) is 1. The van der Waals surface area contributed by atoms with E-state index in [0.29, 0.717) is 30.9 Å². The lowest BCUT2D eigenvalue weighted by Crippen LogP contribution is -2.37. The normalized spacial score (nSPS) is 12.3. The Bertz CT molecular complexity index is 1100. The number of hydrogen-bond donors (Lipinski definition) is 4. The topological polar surface area (TPSA) is 109 Å². The smallest absolute Gasteiger partial charge is 0.222 e. The first-order valence-electron chi connectivity index (χ1n) is 17.5. The molecule has 0 spiro atoms. The molecule has 0 fully saturated rings. The van der Waals surface area contributed by atoms with Gasteiger partial charge in [-0.2, -0.15) is 0 Å². The minimum Gasteiger partial charge on any atom is -0.389 e. The Morgan fingerprint density at radius 1 is 0.660 bits per heavy atom. The van der Waals surface area contributed by atoms with Crippen LogP contribution in [0.4, 0.5) is 0 Å². The summed E-state index contributed by atoms with van der Waals surface area (Å²) in [4.78, 5) is 42.6. The zero-order valence-corrected chi connectivity index (χ0v) is 30.3. The van der Waals surface area contributed by atoms with Crippen molar-refractivity contribution in [3.8, 4) is 0 Å². The molecule has 0 saturated carbocycles. The minimum absolute atomic E-state index is 0.0125. The Balaban J connectivity index is 2.01. The van der Waals surface area contributed by atoms with Gasteiger partial charge in [0.15, 0.2) is 0 Å². The molecule has 10 nitrogen and oxygen atoms in total. The van der Waals surface area contributed by atoms with Crippen LogP contribution >= 0.6 is 0 Å². The van der Waals surface area contributed by atoms with Gasteiger partial charge < -0.3 is 36.0 Å². The molecule has 0 aliphatic heterocycles. The predicted octanol–water partition coefficient (Wildman–Crippen LogP) is 4.81. The molecule has 1 aliphatic carbocycles. The van der Waals surface area contributed by atoms with Crippen LogP contribution in [0.25, 0.3) is 0 Å². The van der Waals surface area contributed by atoms with E-state index in [4.69, 9.17) is 0 Å². The lowest BCUT2D eigenvalue weighted by atomic mass is 9.93. The molecule has 0 saturated heterocycles. The van der Waals surface area contributed by atoms with Gasteiger partial charge in [0.2, 0.25) is 17.6 Å². The van der Waals surface area contributed by atoms with Crippen LogP contribution in [0.3, 0.4) is 0 Å². The molecule has 47 heavy (non-hydrogen) atoms. The van der Waals surface area contributed by atoms with Crippen molar-refractivity contribution in [2.75, 3.05) is 67.5 Å². The van der Waals surface area contributed by atoms with Crippen molar-refractivity contribution in [2.24, 2.45) is 0 Å². The van der Waals surface area contributed by atoms with Crippen molar-refractivity contribution in [3.63, 3.8) is 0 Å². The molecule has 266 valence electrons. The number of unbranched alkanes of at least 4 members (excludes halogenated alkanes) is 6. The molecule has 4 N–H and O–H groups in total. The predicted molar refractivity (Wildman–Crippen MR) is 195 cm³/mol. The van der Waals surface area contributed by atoms with E-state index >= 15 is 0 Å². The van der Waals surface area contributed by atoms with E-state index in [1.54, 1.807) is 19.0 Å². The molecule has 0 unspecified atom stereocenters. The molecular weight excluding hydrogens is 590 g/mol. The van der Waals surface area contributed by atoms with E-state index in [0.717, 1.165) is 100 Å². The summed E-state index contributed by atoms with van der Waals surface area (Å²) in [5.74, 6) is -0.117. The lowest BCUT2D eigenvalue weighted by Gasteiger charge is -2.25. The lowest BCUT2D eigenvalue weighted by molar-refractivity contribution is -0.132. The first-order chi connectivity index (χ1) is 22.4. The number of nitrogens with zero attached hydrogens (tertiary/aromatic N) is 3. The summed E-state index contributed by atoms with van der Waals surface area (Å²) in [5.41, 5.74) is 5.22. The molecular formula is C37H65N7O3. The SMILES string of the molecule is C=C(CCC(=C)N(C)CCCCCNC(=O)CCC(=O)N(C)CCCCCNC1=C(NC)C(=C)C1=O)NCCCCCN(C)C(=C)C. The number of hydrogen-bond acceptors (Lipinski definition) is 8. The minimum atomic E-state index is -0.0731. The molecule has 0 bridgehead atoms. The van der Waals surface area contributed by atoms with E-state index in [1.165, 1.54) is 12.8 Å². The zero-order valence-electron chi connectivity index (χ0n) is 30.3. The standard InChI is InChI=1S/C37H65N7O3/c1-29(2)42(7)26-16-10-13-23-39-30(3)19-20-31(4)43(8)27-17-11-14-24-40-33(45)21-22-34(46)44(9)28-18-12-15-25-41-36-35(38-6)32(5)37(36)47/h38-39,41H,1,3-5,10-28H2,2,6-9H3,(H,40,45). The average molecular weight is 656 g/mol. The second kappa shape index (κ2) is 23.6. The van der Waals surface area contributed by atoms with E-state index in [-0.39, 0.29) is 30.4 Å². The van der Waals surface area contributed by atoms with Crippen LogP contribution in [0.1, 0.15) is 90.4 Å². The maximum Gasteiger partial charge on any atom is 0.222 e. The van der Waals surface area contributed by atoms with Crippen molar-refractivity contribution in [1.82, 2.24) is 36.0 Å². The van der Waals surface area contributed by atoms with Crippen molar-refractivity contribution in [2.45, 2.75) is 90.4 Å². The fourth-order valence-electron chi connectivity index (χ4n) is 5.12. The first-order valence-corrected chi connectivity index (χ1v) is 17.5. The molecule has 0 heterocycles. The Morgan fingerprint density at radius 3 is 1.81 bits per heavy atom. The van der Waals surface area contributed by atoms with E-state index < -0.39 is 0 Å². The van der Waals surface area contributed by atoms with Gasteiger partial charge in [-0.3, -0.25) is 14.4 Å². The Hall–Kier alpha value is -3.69. The van der Waals surface area contributed by atoms with Crippen molar-refractivity contribution < 1.29 is 14.4 Å². The molecule has 0 aromatic carbocycles. The molecule has 0 aromatic heterocycles. The highest BCUT2D eigenvalue weighted by Crippen LogP contribution is 2.24. The molecule has 1 rings (SSSR count). The van der Waals surface area contributed by atoms with E-state index in [2.05, 4.69) is 71.5 Å². The van der Waals surface area contributed by atoms with Crippen LogP contribution in [-0.4, -0.2) is 99.8 Å². The Morgan fingerprint density at radius 2 is 1.21 bits per heavy atom. The van der Waals surface area contributed by atoms with Crippen molar-refractivity contribution >= 4 is 17.6 Å². The highest BCUT2D eigenvalue weighted by Gasteiger charge is 2.30. The van der Waals surface area contributed by atoms with Gasteiger partial charge in [0.25, 0.3) is 0 Å². The van der Waals surface area contributed by atoms with Crippen LogP contribution in [0.15, 0.2) is 60.4 Å². The van der Waals surface area contributed by atoms with Gasteiger partial charge in [0.05, 0.1) is 5.70 Å². The van der Waals surface area contributed by atoms with Gasteiger partial charge in [-0.05, 0) is 77.6 Å². The maximum absolute atomic E-state index is 12.4. The summed E-state index contributed by atoms with van der Waals surface area (Å²) in [6, 6.07) is 0. The molecule has 1 aliphatic rings. The summed E-state index contributed by atoms with van der Waals surface area (Å²) >= 11 is 0. The number of allylic oxidation sites excluding steroid dienone is 5. The van der Waals surface area contributed by atoms with Gasteiger partial charge in [-0.25, -0.2) is 0 Å². The average Bonchev–Trinajstić information content (AvgIpc) is 3.05. The largest absolute Gasteiger partial charge is 0.389 e. The molecule has 2 amide bonds. The summed E-state index contributed by atoms with van der Waals surface area (Å²) < 4.78 is 0. The number of amides is 2. The monoisotopic (exact) mass is 656 g/mol.